The number of carbonyl (C=O) groups is 1. The summed E-state index contributed by atoms with van der Waals surface area (Å²) in [5.74, 6) is 0. The third-order valence-electron chi connectivity index (χ3n) is 3.16. The van der Waals surface area contributed by atoms with Gasteiger partial charge in [-0.05, 0) is 47.2 Å². The van der Waals surface area contributed by atoms with Gasteiger partial charge in [-0.2, -0.15) is 0 Å². The number of carbonyl (C=O) groups excluding carboxylic acids is 1. The van der Waals surface area contributed by atoms with Gasteiger partial charge >= 0.3 is 6.09 Å². The molecular formula is C16H26N2O2. The lowest BCUT2D eigenvalue weighted by Crippen LogP contribution is -2.50. The number of hydrogen-bond donors (Lipinski definition) is 2. The Balaban J connectivity index is 2.93. The molecule has 0 aliphatic carbocycles. The van der Waals surface area contributed by atoms with Crippen LogP contribution in [-0.4, -0.2) is 24.3 Å². The second-order valence-electron chi connectivity index (χ2n) is 6.46. The summed E-state index contributed by atoms with van der Waals surface area (Å²) in [5.41, 5.74) is 0.241. The van der Waals surface area contributed by atoms with Crippen molar-refractivity contribution in [1.29, 1.82) is 0 Å². The SMILES string of the molecule is CNC(C)(C)C(NC(=O)OC(C)(C)C)c1ccccc1. The average Bonchev–Trinajstić information content (AvgIpc) is 2.35. The van der Waals surface area contributed by atoms with Crippen LogP contribution in [0.25, 0.3) is 0 Å². The molecule has 0 spiro atoms. The molecule has 0 aliphatic rings. The Morgan fingerprint density at radius 1 is 1.10 bits per heavy atom. The maximum atomic E-state index is 12.0. The minimum atomic E-state index is -0.505. The minimum absolute atomic E-state index is 0.177. The largest absolute Gasteiger partial charge is 0.444 e. The topological polar surface area (TPSA) is 50.4 Å². The third-order valence-corrected chi connectivity index (χ3v) is 3.16. The zero-order valence-electron chi connectivity index (χ0n) is 13.3. The van der Waals surface area contributed by atoms with Crippen LogP contribution in [0.2, 0.25) is 0 Å². The monoisotopic (exact) mass is 278 g/mol. The van der Waals surface area contributed by atoms with E-state index in [-0.39, 0.29) is 11.6 Å². The van der Waals surface area contributed by atoms with Crippen molar-refractivity contribution in [3.63, 3.8) is 0 Å². The molecule has 0 saturated carbocycles. The van der Waals surface area contributed by atoms with Gasteiger partial charge in [0.15, 0.2) is 0 Å². The molecule has 0 bridgehead atoms. The first-order valence-electron chi connectivity index (χ1n) is 6.89. The predicted molar refractivity (Wildman–Crippen MR) is 81.7 cm³/mol. The van der Waals surface area contributed by atoms with E-state index in [1.54, 1.807) is 0 Å². The Morgan fingerprint density at radius 2 is 1.65 bits per heavy atom. The molecule has 112 valence electrons. The van der Waals surface area contributed by atoms with Crippen LogP contribution in [0.5, 0.6) is 0 Å². The van der Waals surface area contributed by atoms with Crippen molar-refractivity contribution in [2.45, 2.75) is 51.8 Å². The molecule has 0 aromatic heterocycles. The van der Waals surface area contributed by atoms with E-state index in [9.17, 15) is 4.79 Å². The van der Waals surface area contributed by atoms with Gasteiger partial charge in [0.05, 0.1) is 6.04 Å². The summed E-state index contributed by atoms with van der Waals surface area (Å²) in [4.78, 5) is 12.0. The van der Waals surface area contributed by atoms with Crippen molar-refractivity contribution in [2.75, 3.05) is 7.05 Å². The highest BCUT2D eigenvalue weighted by Gasteiger charge is 2.32. The Labute approximate surface area is 121 Å². The van der Waals surface area contributed by atoms with E-state index in [0.29, 0.717) is 0 Å². The quantitative estimate of drug-likeness (QED) is 0.889. The number of alkyl carbamates (subject to hydrolysis) is 1. The standard InChI is InChI=1S/C16H26N2O2/c1-15(2,3)20-14(19)18-13(16(4,5)17-6)12-10-8-7-9-11-12/h7-11,13,17H,1-6H3,(H,18,19). The van der Waals surface area contributed by atoms with E-state index in [1.165, 1.54) is 0 Å². The predicted octanol–water partition coefficient (Wildman–Crippen LogP) is 3.25. The summed E-state index contributed by atoms with van der Waals surface area (Å²) in [5, 5.41) is 6.20. The van der Waals surface area contributed by atoms with Crippen molar-refractivity contribution in [1.82, 2.24) is 10.6 Å². The Morgan fingerprint density at radius 3 is 2.10 bits per heavy atom. The number of benzene rings is 1. The molecule has 0 heterocycles. The van der Waals surface area contributed by atoms with E-state index < -0.39 is 11.7 Å². The molecule has 0 saturated heterocycles. The lowest BCUT2D eigenvalue weighted by atomic mass is 9.89. The molecule has 0 fully saturated rings. The van der Waals surface area contributed by atoms with Crippen molar-refractivity contribution < 1.29 is 9.53 Å². The summed E-state index contributed by atoms with van der Waals surface area (Å²) in [7, 11) is 1.88. The normalized spacial score (nSPS) is 13.7. The molecule has 20 heavy (non-hydrogen) atoms. The molecule has 4 nitrogen and oxygen atoms in total. The van der Waals surface area contributed by atoms with Gasteiger partial charge in [-0.3, -0.25) is 0 Å². The van der Waals surface area contributed by atoms with Crippen molar-refractivity contribution >= 4 is 6.09 Å². The van der Waals surface area contributed by atoms with Gasteiger partial charge in [0.2, 0.25) is 0 Å². The molecule has 1 aromatic carbocycles. The summed E-state index contributed by atoms with van der Waals surface area (Å²) in [6.07, 6.45) is -0.408. The third kappa shape index (κ3) is 4.85. The fourth-order valence-electron chi connectivity index (χ4n) is 1.90. The van der Waals surface area contributed by atoms with Crippen LogP contribution < -0.4 is 10.6 Å². The van der Waals surface area contributed by atoms with Crippen molar-refractivity contribution in [3.05, 3.63) is 35.9 Å². The fraction of sp³-hybridized carbons (Fsp3) is 0.562. The Kier molecular flexibility index (Phi) is 5.17. The van der Waals surface area contributed by atoms with Gasteiger partial charge in [-0.15, -0.1) is 0 Å². The van der Waals surface area contributed by atoms with E-state index in [4.69, 9.17) is 4.74 Å². The molecular weight excluding hydrogens is 252 g/mol. The highest BCUT2D eigenvalue weighted by atomic mass is 16.6. The molecule has 4 heteroatoms. The van der Waals surface area contributed by atoms with Crippen molar-refractivity contribution in [2.24, 2.45) is 0 Å². The highest BCUT2D eigenvalue weighted by molar-refractivity contribution is 5.68. The summed E-state index contributed by atoms with van der Waals surface area (Å²) >= 11 is 0. The minimum Gasteiger partial charge on any atom is -0.444 e. The first-order valence-corrected chi connectivity index (χ1v) is 6.89. The van der Waals surface area contributed by atoms with Crippen LogP contribution >= 0.6 is 0 Å². The molecule has 0 radical (unpaired) electrons. The van der Waals surface area contributed by atoms with Gasteiger partial charge < -0.3 is 15.4 Å². The van der Waals surface area contributed by atoms with Gasteiger partial charge in [-0.25, -0.2) is 4.79 Å². The molecule has 1 amide bonds. The lowest BCUT2D eigenvalue weighted by molar-refractivity contribution is 0.0475. The lowest BCUT2D eigenvalue weighted by Gasteiger charge is -2.35. The molecule has 1 rings (SSSR count). The maximum absolute atomic E-state index is 12.0. The number of hydrogen-bond acceptors (Lipinski definition) is 3. The van der Waals surface area contributed by atoms with E-state index in [0.717, 1.165) is 5.56 Å². The van der Waals surface area contributed by atoms with Crippen LogP contribution in [0, 0.1) is 0 Å². The number of rotatable bonds is 4. The first-order chi connectivity index (χ1) is 9.15. The highest BCUT2D eigenvalue weighted by Crippen LogP contribution is 2.25. The first kappa shape index (κ1) is 16.5. The number of amides is 1. The Hall–Kier alpha value is -1.55. The summed E-state index contributed by atoms with van der Waals surface area (Å²) < 4.78 is 5.35. The van der Waals surface area contributed by atoms with E-state index in [1.807, 2.05) is 72.0 Å². The smallest absolute Gasteiger partial charge is 0.408 e. The summed E-state index contributed by atoms with van der Waals surface area (Å²) in [6.45, 7) is 9.65. The van der Waals surface area contributed by atoms with Crippen LogP contribution in [0.3, 0.4) is 0 Å². The number of ether oxygens (including phenoxy) is 1. The second-order valence-corrected chi connectivity index (χ2v) is 6.46. The van der Waals surface area contributed by atoms with Gasteiger partial charge in [0.1, 0.15) is 5.60 Å². The molecule has 1 aromatic rings. The molecule has 0 aliphatic heterocycles. The van der Waals surface area contributed by atoms with Gasteiger partial charge in [-0.1, -0.05) is 30.3 Å². The zero-order valence-corrected chi connectivity index (χ0v) is 13.3. The van der Waals surface area contributed by atoms with Crippen LogP contribution in [0.1, 0.15) is 46.2 Å². The van der Waals surface area contributed by atoms with Crippen LogP contribution in [0.4, 0.5) is 4.79 Å². The molecule has 1 atom stereocenters. The fourth-order valence-corrected chi connectivity index (χ4v) is 1.90. The second kappa shape index (κ2) is 6.27. The summed E-state index contributed by atoms with van der Waals surface area (Å²) in [6, 6.07) is 9.71. The molecule has 2 N–H and O–H groups in total. The number of nitrogens with one attached hydrogen (secondary N) is 2. The number of likely N-dealkylation sites (N-methyl/N-ethyl adjacent to an activating group) is 1. The van der Waals surface area contributed by atoms with Crippen LogP contribution in [0.15, 0.2) is 30.3 Å². The van der Waals surface area contributed by atoms with Crippen molar-refractivity contribution in [3.8, 4) is 0 Å². The van der Waals surface area contributed by atoms with E-state index in [2.05, 4.69) is 10.6 Å². The molecule has 1 unspecified atom stereocenters. The zero-order chi connectivity index (χ0) is 15.4. The van der Waals surface area contributed by atoms with Gasteiger partial charge in [0, 0.05) is 5.54 Å². The van der Waals surface area contributed by atoms with E-state index >= 15 is 0 Å². The average molecular weight is 278 g/mol. The van der Waals surface area contributed by atoms with Crippen LogP contribution in [-0.2, 0) is 4.74 Å². The maximum Gasteiger partial charge on any atom is 0.408 e. The Bertz CT molecular complexity index is 436. The van der Waals surface area contributed by atoms with Gasteiger partial charge in [0.25, 0.3) is 0 Å².